The SMILES string of the molecule is O=c1c(C2=CCCCC2)c(O)n(C2CCCCC2)c(=O)n1C1CCCCC1. The number of allylic oxidation sites excluding steroid dienone is 2. The Balaban J connectivity index is 1.90. The maximum Gasteiger partial charge on any atom is 0.334 e. The van der Waals surface area contributed by atoms with Crippen molar-refractivity contribution < 1.29 is 5.11 Å². The second kappa shape index (κ2) is 8.07. The molecule has 3 aliphatic carbocycles. The Morgan fingerprint density at radius 1 is 0.778 bits per heavy atom. The van der Waals surface area contributed by atoms with E-state index in [1.807, 2.05) is 0 Å². The third-order valence-electron chi connectivity index (χ3n) is 6.79. The molecule has 1 N–H and O–H groups in total. The van der Waals surface area contributed by atoms with Gasteiger partial charge in [-0.3, -0.25) is 13.9 Å². The average molecular weight is 373 g/mol. The number of hydrogen-bond donors (Lipinski definition) is 1. The highest BCUT2D eigenvalue weighted by Crippen LogP contribution is 2.35. The van der Waals surface area contributed by atoms with Crippen LogP contribution in [0, 0.1) is 0 Å². The molecule has 27 heavy (non-hydrogen) atoms. The Bertz CT molecular complexity index is 821. The van der Waals surface area contributed by atoms with Crippen LogP contribution < -0.4 is 11.2 Å². The number of aromatic nitrogens is 2. The molecule has 0 spiro atoms. The minimum atomic E-state index is -0.281. The van der Waals surface area contributed by atoms with E-state index in [4.69, 9.17) is 0 Å². The van der Waals surface area contributed by atoms with Crippen LogP contribution >= 0.6 is 0 Å². The first-order chi connectivity index (χ1) is 13.2. The Kier molecular flexibility index (Phi) is 5.55. The zero-order valence-corrected chi connectivity index (χ0v) is 16.3. The molecule has 0 amide bonds. The number of hydrogen-bond acceptors (Lipinski definition) is 3. The maximum absolute atomic E-state index is 13.4. The minimum Gasteiger partial charge on any atom is -0.494 e. The standard InChI is InChI=1S/C22H32N2O3/c25-20-19(16-10-4-1-5-11-16)21(26)24(18-14-8-3-9-15-18)22(27)23(20)17-12-6-2-7-13-17/h10,17-18,25H,1-9,11-15H2. The van der Waals surface area contributed by atoms with E-state index in [-0.39, 0.29) is 29.2 Å². The van der Waals surface area contributed by atoms with Crippen LogP contribution in [0.15, 0.2) is 15.7 Å². The van der Waals surface area contributed by atoms with E-state index in [1.54, 1.807) is 4.57 Å². The molecule has 2 saturated carbocycles. The lowest BCUT2D eigenvalue weighted by Gasteiger charge is -2.30. The van der Waals surface area contributed by atoms with E-state index in [2.05, 4.69) is 6.08 Å². The van der Waals surface area contributed by atoms with Crippen molar-refractivity contribution in [2.75, 3.05) is 0 Å². The summed E-state index contributed by atoms with van der Waals surface area (Å²) in [7, 11) is 0. The van der Waals surface area contributed by atoms with Crippen LogP contribution in [0.3, 0.4) is 0 Å². The van der Waals surface area contributed by atoms with Gasteiger partial charge in [-0.25, -0.2) is 4.79 Å². The van der Waals surface area contributed by atoms with Crippen molar-refractivity contribution in [1.82, 2.24) is 9.13 Å². The van der Waals surface area contributed by atoms with Crippen LogP contribution in [-0.2, 0) is 0 Å². The van der Waals surface area contributed by atoms with Crippen molar-refractivity contribution in [2.24, 2.45) is 0 Å². The topological polar surface area (TPSA) is 64.2 Å². The third-order valence-corrected chi connectivity index (χ3v) is 6.79. The Hall–Kier alpha value is -1.78. The maximum atomic E-state index is 13.4. The Morgan fingerprint density at radius 2 is 1.37 bits per heavy atom. The Labute approximate surface area is 160 Å². The molecule has 0 aliphatic heterocycles. The smallest absolute Gasteiger partial charge is 0.334 e. The summed E-state index contributed by atoms with van der Waals surface area (Å²) in [5, 5.41) is 11.1. The van der Waals surface area contributed by atoms with Crippen LogP contribution in [0.1, 0.15) is 108 Å². The molecule has 3 aliphatic rings. The van der Waals surface area contributed by atoms with E-state index in [0.29, 0.717) is 5.56 Å². The van der Waals surface area contributed by atoms with Gasteiger partial charge in [0, 0.05) is 12.1 Å². The van der Waals surface area contributed by atoms with Crippen molar-refractivity contribution in [3.63, 3.8) is 0 Å². The predicted octanol–water partition coefficient (Wildman–Crippen LogP) is 4.68. The minimum absolute atomic E-state index is 0.0165. The van der Waals surface area contributed by atoms with E-state index >= 15 is 0 Å². The largest absolute Gasteiger partial charge is 0.494 e. The first-order valence-corrected chi connectivity index (χ1v) is 11.0. The van der Waals surface area contributed by atoms with E-state index in [1.165, 1.54) is 17.4 Å². The summed E-state index contributed by atoms with van der Waals surface area (Å²) in [5.41, 5.74) is 0.810. The van der Waals surface area contributed by atoms with Gasteiger partial charge in [-0.1, -0.05) is 44.6 Å². The molecule has 1 aromatic heterocycles. The molecule has 0 aromatic carbocycles. The van der Waals surface area contributed by atoms with Crippen molar-refractivity contribution in [1.29, 1.82) is 0 Å². The first-order valence-electron chi connectivity index (χ1n) is 11.0. The molecule has 148 valence electrons. The highest BCUT2D eigenvalue weighted by Gasteiger charge is 2.30. The second-order valence-corrected chi connectivity index (χ2v) is 8.59. The van der Waals surface area contributed by atoms with Gasteiger partial charge in [0.2, 0.25) is 5.88 Å². The summed E-state index contributed by atoms with van der Waals surface area (Å²) in [5.74, 6) is -0.0721. The van der Waals surface area contributed by atoms with Crippen LogP contribution in [0.25, 0.3) is 5.57 Å². The lowest BCUT2D eigenvalue weighted by atomic mass is 9.92. The second-order valence-electron chi connectivity index (χ2n) is 8.59. The molecular formula is C22H32N2O3. The summed E-state index contributed by atoms with van der Waals surface area (Å²) in [6, 6.07) is 0.00163. The van der Waals surface area contributed by atoms with Crippen LogP contribution in [0.5, 0.6) is 5.88 Å². The molecule has 0 saturated heterocycles. The summed E-state index contributed by atoms with van der Waals surface area (Å²) in [4.78, 5) is 26.8. The fourth-order valence-corrected chi connectivity index (χ4v) is 5.31. The molecule has 5 heteroatoms. The summed E-state index contributed by atoms with van der Waals surface area (Å²) in [6.07, 6.45) is 16.3. The number of rotatable bonds is 3. The van der Waals surface area contributed by atoms with Gasteiger partial charge < -0.3 is 5.11 Å². The summed E-state index contributed by atoms with van der Waals surface area (Å²) < 4.78 is 3.10. The van der Waals surface area contributed by atoms with Gasteiger partial charge >= 0.3 is 5.69 Å². The van der Waals surface area contributed by atoms with E-state index in [0.717, 1.165) is 82.6 Å². The molecule has 0 atom stereocenters. The van der Waals surface area contributed by atoms with Crippen LogP contribution in [0.2, 0.25) is 0 Å². The molecule has 2 fully saturated rings. The normalized spacial score (nSPS) is 22.6. The molecule has 0 radical (unpaired) electrons. The average Bonchev–Trinajstić information content (AvgIpc) is 2.70. The molecule has 1 aromatic rings. The van der Waals surface area contributed by atoms with Crippen molar-refractivity contribution in [2.45, 2.75) is 102 Å². The summed E-state index contributed by atoms with van der Waals surface area (Å²) >= 11 is 0. The van der Waals surface area contributed by atoms with Gasteiger partial charge in [0.1, 0.15) is 5.56 Å². The van der Waals surface area contributed by atoms with Crippen LogP contribution in [0.4, 0.5) is 0 Å². The first kappa shape index (κ1) is 18.6. The highest BCUT2D eigenvalue weighted by molar-refractivity contribution is 5.69. The zero-order valence-electron chi connectivity index (χ0n) is 16.3. The Morgan fingerprint density at radius 3 is 1.93 bits per heavy atom. The van der Waals surface area contributed by atoms with Crippen molar-refractivity contribution in [3.05, 3.63) is 32.5 Å². The van der Waals surface area contributed by atoms with Gasteiger partial charge in [0.15, 0.2) is 0 Å². The van der Waals surface area contributed by atoms with Gasteiger partial charge in [-0.2, -0.15) is 0 Å². The van der Waals surface area contributed by atoms with E-state index in [9.17, 15) is 14.7 Å². The lowest BCUT2D eigenvalue weighted by molar-refractivity contribution is 0.270. The van der Waals surface area contributed by atoms with Gasteiger partial charge in [0.05, 0.1) is 0 Å². The fraction of sp³-hybridized carbons (Fsp3) is 0.727. The zero-order chi connectivity index (χ0) is 18.8. The molecule has 0 unspecified atom stereocenters. The molecule has 4 rings (SSSR count). The highest BCUT2D eigenvalue weighted by atomic mass is 16.3. The fourth-order valence-electron chi connectivity index (χ4n) is 5.31. The predicted molar refractivity (Wildman–Crippen MR) is 107 cm³/mol. The number of nitrogens with zero attached hydrogens (tertiary/aromatic N) is 2. The number of aromatic hydroxyl groups is 1. The lowest BCUT2D eigenvalue weighted by Crippen LogP contribution is -2.45. The monoisotopic (exact) mass is 372 g/mol. The summed E-state index contributed by atoms with van der Waals surface area (Å²) in [6.45, 7) is 0. The van der Waals surface area contributed by atoms with Crippen molar-refractivity contribution >= 4 is 5.57 Å². The van der Waals surface area contributed by atoms with Gasteiger partial charge in [-0.15, -0.1) is 0 Å². The molecule has 0 bridgehead atoms. The van der Waals surface area contributed by atoms with Gasteiger partial charge in [0.25, 0.3) is 5.56 Å². The van der Waals surface area contributed by atoms with E-state index < -0.39 is 0 Å². The van der Waals surface area contributed by atoms with Crippen LogP contribution in [-0.4, -0.2) is 14.2 Å². The van der Waals surface area contributed by atoms with Crippen molar-refractivity contribution in [3.8, 4) is 5.88 Å². The van der Waals surface area contributed by atoms with Gasteiger partial charge in [-0.05, 0) is 56.9 Å². The molecular weight excluding hydrogens is 340 g/mol. The molecule has 5 nitrogen and oxygen atoms in total. The molecule has 1 heterocycles. The third kappa shape index (κ3) is 3.53. The quantitative estimate of drug-likeness (QED) is 0.837.